The predicted octanol–water partition coefficient (Wildman–Crippen LogP) is 1.91. The van der Waals surface area contributed by atoms with Crippen LogP contribution in [0.1, 0.15) is 32.6 Å². The SMILES string of the molecule is CCN=C(NC1CCC1)NC1CC(=O)N(c2cccc(OC)c2)C1. The summed E-state index contributed by atoms with van der Waals surface area (Å²) in [7, 11) is 1.63. The Labute approximate surface area is 143 Å². The zero-order valence-corrected chi connectivity index (χ0v) is 14.4. The Bertz CT molecular complexity index is 613. The molecule has 1 unspecified atom stereocenters. The Kier molecular flexibility index (Phi) is 5.23. The Morgan fingerprint density at radius 3 is 2.79 bits per heavy atom. The Morgan fingerprint density at radius 2 is 2.12 bits per heavy atom. The van der Waals surface area contributed by atoms with E-state index < -0.39 is 0 Å². The van der Waals surface area contributed by atoms with Crippen LogP contribution in [0.15, 0.2) is 29.3 Å². The van der Waals surface area contributed by atoms with Gasteiger partial charge < -0.3 is 20.3 Å². The van der Waals surface area contributed by atoms with Crippen LogP contribution < -0.4 is 20.3 Å². The molecule has 2 aliphatic rings. The van der Waals surface area contributed by atoms with E-state index in [1.165, 1.54) is 19.3 Å². The lowest BCUT2D eigenvalue weighted by Gasteiger charge is -2.29. The molecule has 1 saturated heterocycles. The Hall–Kier alpha value is -2.24. The summed E-state index contributed by atoms with van der Waals surface area (Å²) in [5.74, 6) is 1.71. The van der Waals surface area contributed by atoms with Crippen molar-refractivity contribution in [3.05, 3.63) is 24.3 Å². The molecule has 1 atom stereocenters. The van der Waals surface area contributed by atoms with Gasteiger partial charge in [-0.25, -0.2) is 0 Å². The smallest absolute Gasteiger partial charge is 0.229 e. The molecule has 1 amide bonds. The van der Waals surface area contributed by atoms with Gasteiger partial charge in [-0.3, -0.25) is 9.79 Å². The van der Waals surface area contributed by atoms with Crippen molar-refractivity contribution < 1.29 is 9.53 Å². The molecule has 1 aliphatic heterocycles. The molecule has 6 nitrogen and oxygen atoms in total. The van der Waals surface area contributed by atoms with E-state index in [2.05, 4.69) is 15.6 Å². The largest absolute Gasteiger partial charge is 0.497 e. The van der Waals surface area contributed by atoms with E-state index in [0.717, 1.165) is 23.9 Å². The average molecular weight is 330 g/mol. The van der Waals surface area contributed by atoms with E-state index in [1.807, 2.05) is 36.1 Å². The van der Waals surface area contributed by atoms with Gasteiger partial charge in [0.2, 0.25) is 5.91 Å². The van der Waals surface area contributed by atoms with E-state index in [4.69, 9.17) is 4.74 Å². The van der Waals surface area contributed by atoms with Gasteiger partial charge in [0.05, 0.1) is 13.2 Å². The fourth-order valence-corrected chi connectivity index (χ4v) is 3.06. The van der Waals surface area contributed by atoms with E-state index in [1.54, 1.807) is 7.11 Å². The first-order valence-corrected chi connectivity index (χ1v) is 8.71. The molecule has 0 spiro atoms. The van der Waals surface area contributed by atoms with Gasteiger partial charge in [-0.05, 0) is 38.3 Å². The molecule has 0 aromatic heterocycles. The van der Waals surface area contributed by atoms with E-state index in [-0.39, 0.29) is 11.9 Å². The van der Waals surface area contributed by atoms with Crippen molar-refractivity contribution in [1.29, 1.82) is 0 Å². The van der Waals surface area contributed by atoms with Crippen LogP contribution in [0.4, 0.5) is 5.69 Å². The molecule has 1 aromatic carbocycles. The van der Waals surface area contributed by atoms with Crippen LogP contribution in [0, 0.1) is 0 Å². The molecule has 6 heteroatoms. The first-order valence-electron chi connectivity index (χ1n) is 8.71. The third kappa shape index (κ3) is 3.80. The van der Waals surface area contributed by atoms with Crippen molar-refractivity contribution in [2.45, 2.75) is 44.7 Å². The van der Waals surface area contributed by atoms with E-state index >= 15 is 0 Å². The molecule has 3 rings (SSSR count). The van der Waals surface area contributed by atoms with Gasteiger partial charge in [0, 0.05) is 37.3 Å². The molecule has 0 radical (unpaired) electrons. The van der Waals surface area contributed by atoms with E-state index in [9.17, 15) is 4.79 Å². The number of nitrogens with one attached hydrogen (secondary N) is 2. The van der Waals surface area contributed by atoms with Crippen LogP contribution in [-0.4, -0.2) is 44.1 Å². The summed E-state index contributed by atoms with van der Waals surface area (Å²) in [6.45, 7) is 3.38. The molecule has 1 aliphatic carbocycles. The number of aliphatic imine (C=N–C) groups is 1. The third-order valence-corrected chi connectivity index (χ3v) is 4.59. The number of nitrogens with zero attached hydrogens (tertiary/aromatic N) is 2. The monoisotopic (exact) mass is 330 g/mol. The van der Waals surface area contributed by atoms with Crippen LogP contribution in [0.2, 0.25) is 0 Å². The maximum atomic E-state index is 12.4. The number of amides is 1. The maximum Gasteiger partial charge on any atom is 0.229 e. The van der Waals surface area contributed by atoms with Gasteiger partial charge >= 0.3 is 0 Å². The van der Waals surface area contributed by atoms with Gasteiger partial charge in [0.15, 0.2) is 5.96 Å². The molecule has 1 aromatic rings. The fraction of sp³-hybridized carbons (Fsp3) is 0.556. The van der Waals surface area contributed by atoms with Crippen LogP contribution in [0.5, 0.6) is 5.75 Å². The highest BCUT2D eigenvalue weighted by atomic mass is 16.5. The number of carbonyl (C=O) groups is 1. The topological polar surface area (TPSA) is 66.0 Å². The molecule has 0 bridgehead atoms. The number of methoxy groups -OCH3 is 1. The Morgan fingerprint density at radius 1 is 1.33 bits per heavy atom. The highest BCUT2D eigenvalue weighted by Crippen LogP contribution is 2.25. The summed E-state index contributed by atoms with van der Waals surface area (Å²) in [4.78, 5) is 18.7. The first-order chi connectivity index (χ1) is 11.7. The fourth-order valence-electron chi connectivity index (χ4n) is 3.06. The van der Waals surface area contributed by atoms with Crippen molar-refractivity contribution in [3.63, 3.8) is 0 Å². The van der Waals surface area contributed by atoms with Crippen LogP contribution in [0.25, 0.3) is 0 Å². The Balaban J connectivity index is 1.63. The van der Waals surface area contributed by atoms with E-state index in [0.29, 0.717) is 19.0 Å². The highest BCUT2D eigenvalue weighted by Gasteiger charge is 2.32. The highest BCUT2D eigenvalue weighted by molar-refractivity contribution is 5.97. The van der Waals surface area contributed by atoms with Gasteiger partial charge in [-0.2, -0.15) is 0 Å². The number of guanidine groups is 1. The van der Waals surface area contributed by atoms with Gasteiger partial charge in [0.1, 0.15) is 5.75 Å². The number of hydrogen-bond acceptors (Lipinski definition) is 3. The van der Waals surface area contributed by atoms with Crippen molar-refractivity contribution in [2.75, 3.05) is 25.1 Å². The number of rotatable bonds is 5. The van der Waals surface area contributed by atoms with Crippen LogP contribution in [0.3, 0.4) is 0 Å². The quantitative estimate of drug-likeness (QED) is 0.639. The summed E-state index contributed by atoms with van der Waals surface area (Å²) in [5.41, 5.74) is 0.879. The summed E-state index contributed by atoms with van der Waals surface area (Å²) in [6.07, 6.45) is 4.16. The molecule has 1 heterocycles. The maximum absolute atomic E-state index is 12.4. The minimum absolute atomic E-state index is 0.0709. The van der Waals surface area contributed by atoms with Gasteiger partial charge in [-0.1, -0.05) is 6.07 Å². The lowest BCUT2D eigenvalue weighted by atomic mass is 9.93. The number of benzene rings is 1. The van der Waals surface area contributed by atoms with Crippen molar-refractivity contribution in [2.24, 2.45) is 4.99 Å². The average Bonchev–Trinajstić information content (AvgIpc) is 2.91. The second kappa shape index (κ2) is 7.55. The number of ether oxygens (including phenoxy) is 1. The second-order valence-corrected chi connectivity index (χ2v) is 6.35. The van der Waals surface area contributed by atoms with Crippen molar-refractivity contribution in [1.82, 2.24) is 10.6 Å². The van der Waals surface area contributed by atoms with Gasteiger partial charge in [0.25, 0.3) is 0 Å². The minimum Gasteiger partial charge on any atom is -0.497 e. The molecule has 2 N–H and O–H groups in total. The van der Waals surface area contributed by atoms with Crippen molar-refractivity contribution >= 4 is 17.6 Å². The van der Waals surface area contributed by atoms with Crippen LogP contribution >= 0.6 is 0 Å². The summed E-state index contributed by atoms with van der Waals surface area (Å²) < 4.78 is 5.25. The number of carbonyl (C=O) groups excluding carboxylic acids is 1. The normalized spacial score (nSPS) is 21.6. The number of hydrogen-bond donors (Lipinski definition) is 2. The molecule has 24 heavy (non-hydrogen) atoms. The molecular weight excluding hydrogens is 304 g/mol. The first kappa shape index (κ1) is 16.6. The molecular formula is C18H26N4O2. The lowest BCUT2D eigenvalue weighted by Crippen LogP contribution is -2.50. The molecule has 130 valence electrons. The predicted molar refractivity (Wildman–Crippen MR) is 95.6 cm³/mol. The number of anilines is 1. The molecule has 1 saturated carbocycles. The van der Waals surface area contributed by atoms with Crippen LogP contribution in [-0.2, 0) is 4.79 Å². The summed E-state index contributed by atoms with van der Waals surface area (Å²) in [6, 6.07) is 8.22. The lowest BCUT2D eigenvalue weighted by molar-refractivity contribution is -0.117. The zero-order valence-electron chi connectivity index (χ0n) is 14.4. The molecule has 2 fully saturated rings. The summed E-state index contributed by atoms with van der Waals surface area (Å²) >= 11 is 0. The standard InChI is InChI=1S/C18H26N4O2/c1-3-19-18(20-13-6-4-7-13)21-14-10-17(23)22(12-14)15-8-5-9-16(11-15)24-2/h5,8-9,11,13-14H,3-4,6-7,10,12H2,1-2H3,(H2,19,20,21). The summed E-state index contributed by atoms with van der Waals surface area (Å²) in [5, 5.41) is 6.88. The van der Waals surface area contributed by atoms with Crippen molar-refractivity contribution in [3.8, 4) is 5.75 Å². The third-order valence-electron chi connectivity index (χ3n) is 4.59. The zero-order chi connectivity index (χ0) is 16.9. The second-order valence-electron chi connectivity index (χ2n) is 6.35. The minimum atomic E-state index is 0.0709. The van der Waals surface area contributed by atoms with Gasteiger partial charge in [-0.15, -0.1) is 0 Å².